The Bertz CT molecular complexity index is 398. The zero-order valence-corrected chi connectivity index (χ0v) is 9.66. The minimum Gasteiger partial charge on any atom is -0.491 e. The van der Waals surface area contributed by atoms with Crippen LogP contribution < -0.4 is 9.47 Å². The maximum atomic E-state index is 11.3. The van der Waals surface area contributed by atoms with Crippen molar-refractivity contribution in [2.45, 2.75) is 32.8 Å². The summed E-state index contributed by atoms with van der Waals surface area (Å²) >= 11 is 0. The van der Waals surface area contributed by atoms with E-state index in [1.54, 1.807) is 12.1 Å². The lowest BCUT2D eigenvalue weighted by molar-refractivity contribution is 0.0961. The van der Waals surface area contributed by atoms with Crippen LogP contribution in [-0.2, 0) is 0 Å². The van der Waals surface area contributed by atoms with E-state index in [0.717, 1.165) is 18.6 Å². The molecule has 0 fully saturated rings. The summed E-state index contributed by atoms with van der Waals surface area (Å²) in [5.41, 5.74) is 0.662. The average molecular weight is 220 g/mol. The summed E-state index contributed by atoms with van der Waals surface area (Å²) in [7, 11) is 0. The van der Waals surface area contributed by atoms with Gasteiger partial charge in [-0.1, -0.05) is 13.3 Å². The maximum absolute atomic E-state index is 11.3. The molecule has 0 aromatic heterocycles. The highest BCUT2D eigenvalue weighted by molar-refractivity contribution is 6.02. The van der Waals surface area contributed by atoms with Crippen molar-refractivity contribution in [3.05, 3.63) is 23.8 Å². The predicted octanol–water partition coefficient (Wildman–Crippen LogP) is 2.83. The summed E-state index contributed by atoms with van der Waals surface area (Å²) in [4.78, 5) is 11.3. The first kappa shape index (κ1) is 11.0. The fourth-order valence-corrected chi connectivity index (χ4v) is 1.84. The molecule has 0 saturated heterocycles. The van der Waals surface area contributed by atoms with Gasteiger partial charge in [0.15, 0.2) is 6.61 Å². The number of Topliss-reactive ketones (excluding diaryl/α,β-unsaturated/α-hetero) is 1. The molecule has 0 spiro atoms. The van der Waals surface area contributed by atoms with E-state index in [-0.39, 0.29) is 18.5 Å². The molecule has 0 bridgehead atoms. The molecule has 0 amide bonds. The lowest BCUT2D eigenvalue weighted by atomic mass is 10.1. The topological polar surface area (TPSA) is 35.5 Å². The molecule has 16 heavy (non-hydrogen) atoms. The SMILES string of the molecule is CCCC(C)Oc1ccc2c(c1)OCC2=O. The number of carbonyl (C=O) groups is 1. The van der Waals surface area contributed by atoms with Crippen molar-refractivity contribution in [3.63, 3.8) is 0 Å². The quantitative estimate of drug-likeness (QED) is 0.782. The molecule has 0 aliphatic carbocycles. The van der Waals surface area contributed by atoms with Crippen LogP contribution in [0.15, 0.2) is 18.2 Å². The van der Waals surface area contributed by atoms with E-state index in [9.17, 15) is 4.79 Å². The Morgan fingerprint density at radius 1 is 1.50 bits per heavy atom. The van der Waals surface area contributed by atoms with Gasteiger partial charge in [-0.15, -0.1) is 0 Å². The molecule has 1 heterocycles. The van der Waals surface area contributed by atoms with Crippen LogP contribution in [0.2, 0.25) is 0 Å². The van der Waals surface area contributed by atoms with Crippen LogP contribution in [-0.4, -0.2) is 18.5 Å². The zero-order chi connectivity index (χ0) is 11.5. The van der Waals surface area contributed by atoms with Crippen LogP contribution in [0.3, 0.4) is 0 Å². The summed E-state index contributed by atoms with van der Waals surface area (Å²) in [6.45, 7) is 4.33. The fraction of sp³-hybridized carbons (Fsp3) is 0.462. The Kier molecular flexibility index (Phi) is 3.13. The fourth-order valence-electron chi connectivity index (χ4n) is 1.84. The lowest BCUT2D eigenvalue weighted by Crippen LogP contribution is -2.10. The Morgan fingerprint density at radius 2 is 2.31 bits per heavy atom. The van der Waals surface area contributed by atoms with Crippen LogP contribution >= 0.6 is 0 Å². The number of benzene rings is 1. The monoisotopic (exact) mass is 220 g/mol. The third-order valence-corrected chi connectivity index (χ3v) is 2.64. The van der Waals surface area contributed by atoms with Crippen molar-refractivity contribution >= 4 is 5.78 Å². The number of ether oxygens (including phenoxy) is 2. The molecular formula is C13H16O3. The van der Waals surface area contributed by atoms with E-state index in [4.69, 9.17) is 9.47 Å². The van der Waals surface area contributed by atoms with Gasteiger partial charge in [-0.05, 0) is 25.5 Å². The van der Waals surface area contributed by atoms with Crippen molar-refractivity contribution in [2.75, 3.05) is 6.61 Å². The second kappa shape index (κ2) is 4.56. The van der Waals surface area contributed by atoms with Gasteiger partial charge in [-0.25, -0.2) is 0 Å². The molecule has 3 nitrogen and oxygen atoms in total. The normalized spacial score (nSPS) is 15.5. The minimum absolute atomic E-state index is 0.0446. The maximum Gasteiger partial charge on any atom is 0.203 e. The van der Waals surface area contributed by atoms with Gasteiger partial charge in [0, 0.05) is 6.07 Å². The summed E-state index contributed by atoms with van der Waals surface area (Å²) < 4.78 is 11.0. The molecule has 0 saturated carbocycles. The first-order valence-electron chi connectivity index (χ1n) is 5.67. The summed E-state index contributed by atoms with van der Waals surface area (Å²) in [6, 6.07) is 5.41. The summed E-state index contributed by atoms with van der Waals surface area (Å²) in [5, 5.41) is 0. The smallest absolute Gasteiger partial charge is 0.203 e. The van der Waals surface area contributed by atoms with Gasteiger partial charge in [0.25, 0.3) is 0 Å². The summed E-state index contributed by atoms with van der Waals surface area (Å²) in [5.74, 6) is 1.46. The highest BCUT2D eigenvalue weighted by Gasteiger charge is 2.21. The third-order valence-electron chi connectivity index (χ3n) is 2.64. The van der Waals surface area contributed by atoms with E-state index in [0.29, 0.717) is 11.3 Å². The van der Waals surface area contributed by atoms with E-state index in [1.807, 2.05) is 13.0 Å². The molecule has 0 radical (unpaired) electrons. The van der Waals surface area contributed by atoms with Gasteiger partial charge in [-0.3, -0.25) is 4.79 Å². The number of fused-ring (bicyclic) bond motifs is 1. The first-order chi connectivity index (χ1) is 7.70. The second-order valence-corrected chi connectivity index (χ2v) is 4.09. The molecule has 2 rings (SSSR count). The van der Waals surface area contributed by atoms with Crippen molar-refractivity contribution in [1.82, 2.24) is 0 Å². The number of rotatable bonds is 4. The summed E-state index contributed by atoms with van der Waals surface area (Å²) in [6.07, 6.45) is 2.32. The molecule has 0 N–H and O–H groups in total. The highest BCUT2D eigenvalue weighted by Crippen LogP contribution is 2.30. The van der Waals surface area contributed by atoms with Crippen LogP contribution in [0, 0.1) is 0 Å². The van der Waals surface area contributed by atoms with Crippen LogP contribution in [0.4, 0.5) is 0 Å². The molecule has 1 aromatic carbocycles. The number of hydrogen-bond acceptors (Lipinski definition) is 3. The van der Waals surface area contributed by atoms with Gasteiger partial charge >= 0.3 is 0 Å². The van der Waals surface area contributed by atoms with Crippen molar-refractivity contribution in [2.24, 2.45) is 0 Å². The number of carbonyl (C=O) groups excluding carboxylic acids is 1. The van der Waals surface area contributed by atoms with E-state index in [2.05, 4.69) is 6.92 Å². The molecule has 1 atom stereocenters. The van der Waals surface area contributed by atoms with Gasteiger partial charge in [-0.2, -0.15) is 0 Å². The standard InChI is InChI=1S/C13H16O3/c1-3-4-9(2)16-10-5-6-11-12(14)8-15-13(11)7-10/h5-7,9H,3-4,8H2,1-2H3. The van der Waals surface area contributed by atoms with Gasteiger partial charge in [0.1, 0.15) is 11.5 Å². The lowest BCUT2D eigenvalue weighted by Gasteiger charge is -2.14. The molecule has 1 aliphatic rings. The van der Waals surface area contributed by atoms with Crippen LogP contribution in [0.1, 0.15) is 37.0 Å². The van der Waals surface area contributed by atoms with Crippen molar-refractivity contribution in [3.8, 4) is 11.5 Å². The molecule has 1 unspecified atom stereocenters. The largest absolute Gasteiger partial charge is 0.491 e. The highest BCUT2D eigenvalue weighted by atomic mass is 16.5. The third kappa shape index (κ3) is 2.18. The van der Waals surface area contributed by atoms with Crippen molar-refractivity contribution in [1.29, 1.82) is 0 Å². The predicted molar refractivity (Wildman–Crippen MR) is 61.3 cm³/mol. The molecule has 86 valence electrons. The molecule has 1 aliphatic heterocycles. The van der Waals surface area contributed by atoms with E-state index < -0.39 is 0 Å². The molecule has 3 heteroatoms. The Balaban J connectivity index is 2.10. The Hall–Kier alpha value is -1.51. The van der Waals surface area contributed by atoms with E-state index >= 15 is 0 Å². The van der Waals surface area contributed by atoms with Crippen molar-refractivity contribution < 1.29 is 14.3 Å². The van der Waals surface area contributed by atoms with Gasteiger partial charge < -0.3 is 9.47 Å². The van der Waals surface area contributed by atoms with Gasteiger partial charge in [0.05, 0.1) is 11.7 Å². The minimum atomic E-state index is 0.0446. The zero-order valence-electron chi connectivity index (χ0n) is 9.66. The Morgan fingerprint density at radius 3 is 3.06 bits per heavy atom. The first-order valence-corrected chi connectivity index (χ1v) is 5.67. The second-order valence-electron chi connectivity index (χ2n) is 4.09. The molecule has 1 aromatic rings. The Labute approximate surface area is 95.4 Å². The number of ketones is 1. The number of hydrogen-bond donors (Lipinski definition) is 0. The molecular weight excluding hydrogens is 204 g/mol. The van der Waals surface area contributed by atoms with Crippen LogP contribution in [0.5, 0.6) is 11.5 Å². The van der Waals surface area contributed by atoms with Crippen LogP contribution in [0.25, 0.3) is 0 Å². The van der Waals surface area contributed by atoms with E-state index in [1.165, 1.54) is 0 Å². The van der Waals surface area contributed by atoms with Gasteiger partial charge in [0.2, 0.25) is 5.78 Å². The average Bonchev–Trinajstić information content (AvgIpc) is 2.60.